The summed E-state index contributed by atoms with van der Waals surface area (Å²) in [5.41, 5.74) is 1.74. The summed E-state index contributed by atoms with van der Waals surface area (Å²) >= 11 is 1.26. The Morgan fingerprint density at radius 2 is 2.12 bits per heavy atom. The highest BCUT2D eigenvalue weighted by Crippen LogP contribution is 2.14. The van der Waals surface area contributed by atoms with Crippen molar-refractivity contribution in [3.8, 4) is 0 Å². The molecule has 0 bridgehead atoms. The van der Waals surface area contributed by atoms with Gasteiger partial charge in [0.1, 0.15) is 5.82 Å². The highest BCUT2D eigenvalue weighted by atomic mass is 32.1. The van der Waals surface area contributed by atoms with Gasteiger partial charge >= 0.3 is 12.1 Å². The number of thiazole rings is 1. The van der Waals surface area contributed by atoms with Gasteiger partial charge in [0, 0.05) is 18.3 Å². The summed E-state index contributed by atoms with van der Waals surface area (Å²) in [6.07, 6.45) is -0.0386. The first-order valence-corrected chi connectivity index (χ1v) is 8.39. The van der Waals surface area contributed by atoms with Crippen LogP contribution in [-0.2, 0) is 17.7 Å². The van der Waals surface area contributed by atoms with Crippen molar-refractivity contribution in [2.45, 2.75) is 13.0 Å². The van der Waals surface area contributed by atoms with E-state index in [0.717, 1.165) is 11.0 Å². The van der Waals surface area contributed by atoms with Crippen LogP contribution in [0, 0.1) is 0 Å². The molecular weight excluding hydrogens is 344 g/mol. The number of methoxy groups -OCH3 is 1. The third-order valence-corrected chi connectivity index (χ3v) is 4.49. The molecule has 9 heteroatoms. The van der Waals surface area contributed by atoms with Crippen LogP contribution in [0.25, 0.3) is 11.0 Å². The maximum atomic E-state index is 12.0. The van der Waals surface area contributed by atoms with E-state index in [2.05, 4.69) is 15.0 Å². The number of para-hydroxylation sites is 2. The third-order valence-electron chi connectivity index (χ3n) is 3.58. The molecule has 3 rings (SSSR count). The SMILES string of the molecule is COC(=O)N(CCc1nc(C(=O)O)cs1)Cc1nc2ccccc2[nH]1. The number of H-pyrrole nitrogens is 1. The highest BCUT2D eigenvalue weighted by Gasteiger charge is 2.18. The van der Waals surface area contributed by atoms with Crippen LogP contribution in [0.3, 0.4) is 0 Å². The smallest absolute Gasteiger partial charge is 0.409 e. The van der Waals surface area contributed by atoms with Crippen LogP contribution < -0.4 is 0 Å². The Bertz CT molecular complexity index is 871. The number of aromatic carboxylic acids is 1. The molecule has 0 aliphatic rings. The molecule has 1 amide bonds. The van der Waals surface area contributed by atoms with Gasteiger partial charge in [-0.15, -0.1) is 11.3 Å². The van der Waals surface area contributed by atoms with E-state index < -0.39 is 12.1 Å². The van der Waals surface area contributed by atoms with Crippen LogP contribution in [0.4, 0.5) is 4.79 Å². The molecule has 2 N–H and O–H groups in total. The van der Waals surface area contributed by atoms with E-state index in [1.165, 1.54) is 28.7 Å². The van der Waals surface area contributed by atoms with Gasteiger partial charge in [0.25, 0.3) is 0 Å². The minimum absolute atomic E-state index is 0.0157. The van der Waals surface area contributed by atoms with Gasteiger partial charge in [-0.2, -0.15) is 0 Å². The maximum Gasteiger partial charge on any atom is 0.409 e. The highest BCUT2D eigenvalue weighted by molar-refractivity contribution is 7.09. The third kappa shape index (κ3) is 3.94. The summed E-state index contributed by atoms with van der Waals surface area (Å²) in [5.74, 6) is -0.411. The van der Waals surface area contributed by atoms with E-state index >= 15 is 0 Å². The Labute approximate surface area is 147 Å². The molecule has 0 atom stereocenters. The zero-order valence-corrected chi connectivity index (χ0v) is 14.2. The zero-order chi connectivity index (χ0) is 17.8. The first-order valence-electron chi connectivity index (χ1n) is 7.51. The quantitative estimate of drug-likeness (QED) is 0.699. The summed E-state index contributed by atoms with van der Waals surface area (Å²) < 4.78 is 4.82. The van der Waals surface area contributed by atoms with Crippen molar-refractivity contribution in [1.82, 2.24) is 19.9 Å². The first-order chi connectivity index (χ1) is 12.1. The van der Waals surface area contributed by atoms with Gasteiger partial charge in [-0.05, 0) is 12.1 Å². The minimum Gasteiger partial charge on any atom is -0.476 e. The van der Waals surface area contributed by atoms with Crippen molar-refractivity contribution in [3.05, 3.63) is 46.2 Å². The van der Waals surface area contributed by atoms with Gasteiger partial charge in [-0.25, -0.2) is 19.6 Å². The van der Waals surface area contributed by atoms with Gasteiger partial charge in [0.05, 0.1) is 29.7 Å². The van der Waals surface area contributed by atoms with E-state index in [0.29, 0.717) is 23.8 Å². The lowest BCUT2D eigenvalue weighted by atomic mass is 10.3. The maximum absolute atomic E-state index is 12.0. The molecule has 8 nitrogen and oxygen atoms in total. The Hall–Kier alpha value is -2.94. The number of carbonyl (C=O) groups excluding carboxylic acids is 1. The second kappa shape index (κ2) is 7.31. The van der Waals surface area contributed by atoms with E-state index in [-0.39, 0.29) is 12.2 Å². The lowest BCUT2D eigenvalue weighted by molar-refractivity contribution is 0.0691. The van der Waals surface area contributed by atoms with Crippen LogP contribution in [0.5, 0.6) is 0 Å². The molecular formula is C16H16N4O4S. The molecule has 0 saturated carbocycles. The number of aromatic nitrogens is 3. The number of hydrogen-bond acceptors (Lipinski definition) is 6. The molecule has 0 radical (unpaired) electrons. The minimum atomic E-state index is -1.06. The largest absolute Gasteiger partial charge is 0.476 e. The number of nitrogens with one attached hydrogen (secondary N) is 1. The number of fused-ring (bicyclic) bond motifs is 1. The van der Waals surface area contributed by atoms with Crippen molar-refractivity contribution in [2.24, 2.45) is 0 Å². The molecule has 130 valence electrons. The number of rotatable bonds is 6. The van der Waals surface area contributed by atoms with Crippen molar-refractivity contribution in [2.75, 3.05) is 13.7 Å². The topological polar surface area (TPSA) is 108 Å². The van der Waals surface area contributed by atoms with E-state index in [1.807, 2.05) is 24.3 Å². The van der Waals surface area contributed by atoms with Crippen LogP contribution in [-0.4, -0.2) is 50.7 Å². The second-order valence-corrected chi connectivity index (χ2v) is 6.22. The van der Waals surface area contributed by atoms with Gasteiger partial charge in [-0.1, -0.05) is 12.1 Å². The molecule has 0 saturated heterocycles. The summed E-state index contributed by atoms with van der Waals surface area (Å²) in [6, 6.07) is 7.61. The Morgan fingerprint density at radius 1 is 1.32 bits per heavy atom. The number of aromatic amines is 1. The lowest BCUT2D eigenvalue weighted by Crippen LogP contribution is -2.32. The molecule has 0 aliphatic heterocycles. The van der Waals surface area contributed by atoms with Crippen molar-refractivity contribution in [1.29, 1.82) is 0 Å². The molecule has 0 aliphatic carbocycles. The molecule has 25 heavy (non-hydrogen) atoms. The summed E-state index contributed by atoms with van der Waals surface area (Å²) in [5, 5.41) is 11.0. The van der Waals surface area contributed by atoms with Crippen molar-refractivity contribution < 1.29 is 19.4 Å². The molecule has 0 spiro atoms. The van der Waals surface area contributed by atoms with E-state index in [4.69, 9.17) is 9.84 Å². The van der Waals surface area contributed by atoms with Crippen LogP contribution >= 0.6 is 11.3 Å². The van der Waals surface area contributed by atoms with Crippen LogP contribution in [0.2, 0.25) is 0 Å². The molecule has 2 aromatic heterocycles. The average molecular weight is 360 g/mol. The molecule has 0 unspecified atom stereocenters. The number of benzene rings is 1. The fraction of sp³-hybridized carbons (Fsp3) is 0.250. The number of ether oxygens (including phenoxy) is 1. The molecule has 0 fully saturated rings. The normalized spacial score (nSPS) is 10.8. The van der Waals surface area contributed by atoms with Gasteiger partial charge in [0.2, 0.25) is 0 Å². The van der Waals surface area contributed by atoms with Crippen LogP contribution in [0.15, 0.2) is 29.6 Å². The van der Waals surface area contributed by atoms with Gasteiger partial charge in [-0.3, -0.25) is 0 Å². The fourth-order valence-electron chi connectivity index (χ4n) is 2.38. The number of carboxylic acids is 1. The van der Waals surface area contributed by atoms with E-state index in [1.54, 1.807) is 0 Å². The number of hydrogen-bond donors (Lipinski definition) is 2. The Morgan fingerprint density at radius 3 is 2.80 bits per heavy atom. The number of carbonyl (C=O) groups is 2. The summed E-state index contributed by atoms with van der Waals surface area (Å²) in [7, 11) is 1.32. The van der Waals surface area contributed by atoms with Crippen LogP contribution in [0.1, 0.15) is 21.3 Å². The van der Waals surface area contributed by atoms with E-state index in [9.17, 15) is 9.59 Å². The van der Waals surface area contributed by atoms with Gasteiger partial charge in [0.15, 0.2) is 5.69 Å². The standard InChI is InChI=1S/C16H16N4O4S/c1-24-16(23)20(7-6-14-19-12(9-25-14)15(21)22)8-13-17-10-4-2-3-5-11(10)18-13/h2-5,9H,6-8H2,1H3,(H,17,18)(H,21,22). The number of imidazole rings is 1. The molecule has 1 aromatic carbocycles. The van der Waals surface area contributed by atoms with Gasteiger partial charge < -0.3 is 19.7 Å². The number of nitrogens with zero attached hydrogens (tertiary/aromatic N) is 3. The predicted molar refractivity (Wildman–Crippen MR) is 91.7 cm³/mol. The predicted octanol–water partition coefficient (Wildman–Crippen LogP) is 2.53. The Kier molecular flexibility index (Phi) is 4.94. The first kappa shape index (κ1) is 16.9. The van der Waals surface area contributed by atoms with Crippen molar-refractivity contribution in [3.63, 3.8) is 0 Å². The van der Waals surface area contributed by atoms with Crippen molar-refractivity contribution >= 4 is 34.4 Å². The zero-order valence-electron chi connectivity index (χ0n) is 13.4. The monoisotopic (exact) mass is 360 g/mol. The summed E-state index contributed by atoms with van der Waals surface area (Å²) in [4.78, 5) is 36.0. The molecule has 2 heterocycles. The second-order valence-electron chi connectivity index (χ2n) is 5.27. The number of amides is 1. The Balaban J connectivity index is 1.70. The number of carboxylic acid groups (broad SMARTS) is 1. The molecule has 3 aromatic rings. The lowest BCUT2D eigenvalue weighted by Gasteiger charge is -2.19. The average Bonchev–Trinajstić information content (AvgIpc) is 3.24. The summed E-state index contributed by atoms with van der Waals surface area (Å²) in [6.45, 7) is 0.606. The fourth-order valence-corrected chi connectivity index (χ4v) is 3.14.